The van der Waals surface area contributed by atoms with Crippen LogP contribution in [0.2, 0.25) is 0 Å². The van der Waals surface area contributed by atoms with Gasteiger partial charge in [0, 0.05) is 26.7 Å². The average molecular weight is 345 g/mol. The molecule has 2 N–H and O–H groups in total. The summed E-state index contributed by atoms with van der Waals surface area (Å²) in [6.07, 6.45) is 2.54. The van der Waals surface area contributed by atoms with E-state index in [4.69, 9.17) is 13.9 Å². The molecule has 6 heteroatoms. The van der Waals surface area contributed by atoms with Crippen LogP contribution in [0.3, 0.4) is 0 Å². The van der Waals surface area contributed by atoms with Crippen LogP contribution in [0.1, 0.15) is 24.7 Å². The molecule has 0 unspecified atom stereocenters. The minimum atomic E-state index is 0.572. The Morgan fingerprint density at radius 3 is 2.84 bits per heavy atom. The first-order valence-electron chi connectivity index (χ1n) is 8.57. The van der Waals surface area contributed by atoms with Crippen LogP contribution in [-0.2, 0) is 17.8 Å². The highest BCUT2D eigenvalue weighted by Crippen LogP contribution is 2.14. The topological polar surface area (TPSA) is 68.0 Å². The number of aliphatic imine (C=N–C) groups is 1. The van der Waals surface area contributed by atoms with E-state index in [0.29, 0.717) is 26.3 Å². The van der Waals surface area contributed by atoms with Crippen LogP contribution >= 0.6 is 0 Å². The fraction of sp³-hybridized carbons (Fsp3) is 0.421. The number of hydrogen-bond acceptors (Lipinski definition) is 4. The first kappa shape index (κ1) is 18.9. The lowest BCUT2D eigenvalue weighted by atomic mass is 10.2. The molecule has 1 heterocycles. The van der Waals surface area contributed by atoms with Gasteiger partial charge in [-0.3, -0.25) is 0 Å². The second kappa shape index (κ2) is 11.1. The van der Waals surface area contributed by atoms with Crippen LogP contribution in [0, 0.1) is 0 Å². The van der Waals surface area contributed by atoms with E-state index in [-0.39, 0.29) is 0 Å². The van der Waals surface area contributed by atoms with Crippen molar-refractivity contribution in [1.82, 2.24) is 10.6 Å². The van der Waals surface area contributed by atoms with Gasteiger partial charge in [0.05, 0.1) is 26.0 Å². The lowest BCUT2D eigenvalue weighted by molar-refractivity contribution is 0.172. The summed E-state index contributed by atoms with van der Waals surface area (Å²) in [5.41, 5.74) is 1.10. The maximum absolute atomic E-state index is 5.73. The molecular weight excluding hydrogens is 318 g/mol. The molecule has 6 nitrogen and oxygen atoms in total. The van der Waals surface area contributed by atoms with Crippen molar-refractivity contribution >= 4 is 5.96 Å². The summed E-state index contributed by atoms with van der Waals surface area (Å²) in [6, 6.07) is 11.8. The molecule has 0 aliphatic carbocycles. The van der Waals surface area contributed by atoms with Crippen molar-refractivity contribution < 1.29 is 13.9 Å². The SMILES string of the molecule is CCNC(=NCc1cccc(OCCCOC)c1)NCc1ccco1. The molecule has 2 rings (SSSR count). The second-order valence-electron chi connectivity index (χ2n) is 5.47. The van der Waals surface area contributed by atoms with Crippen molar-refractivity contribution in [3.8, 4) is 5.75 Å². The Morgan fingerprint density at radius 2 is 2.08 bits per heavy atom. The molecule has 0 amide bonds. The van der Waals surface area contributed by atoms with Gasteiger partial charge in [-0.15, -0.1) is 0 Å². The molecule has 136 valence electrons. The molecule has 0 saturated heterocycles. The van der Waals surface area contributed by atoms with Crippen molar-refractivity contribution in [2.75, 3.05) is 26.9 Å². The Bertz CT molecular complexity index is 627. The summed E-state index contributed by atoms with van der Waals surface area (Å²) in [7, 11) is 1.69. The van der Waals surface area contributed by atoms with Crippen LogP contribution in [0.25, 0.3) is 0 Å². The monoisotopic (exact) mass is 345 g/mol. The van der Waals surface area contributed by atoms with Gasteiger partial charge in [-0.2, -0.15) is 0 Å². The smallest absolute Gasteiger partial charge is 0.191 e. The van der Waals surface area contributed by atoms with Crippen LogP contribution in [0.15, 0.2) is 52.1 Å². The fourth-order valence-electron chi connectivity index (χ4n) is 2.22. The third kappa shape index (κ3) is 7.30. The van der Waals surface area contributed by atoms with Gasteiger partial charge < -0.3 is 24.5 Å². The summed E-state index contributed by atoms with van der Waals surface area (Å²) < 4.78 is 16.1. The van der Waals surface area contributed by atoms with E-state index < -0.39 is 0 Å². The predicted molar refractivity (Wildman–Crippen MR) is 98.8 cm³/mol. The van der Waals surface area contributed by atoms with Crippen LogP contribution in [-0.4, -0.2) is 32.8 Å². The zero-order chi connectivity index (χ0) is 17.7. The molecule has 0 saturated carbocycles. The Morgan fingerprint density at radius 1 is 1.16 bits per heavy atom. The zero-order valence-electron chi connectivity index (χ0n) is 15.0. The highest BCUT2D eigenvalue weighted by molar-refractivity contribution is 5.79. The molecule has 0 spiro atoms. The number of furan rings is 1. The molecule has 0 radical (unpaired) electrons. The normalized spacial score (nSPS) is 11.4. The van der Waals surface area contributed by atoms with E-state index >= 15 is 0 Å². The molecule has 1 aromatic heterocycles. The average Bonchev–Trinajstić information content (AvgIpc) is 3.15. The van der Waals surface area contributed by atoms with Crippen LogP contribution in [0.5, 0.6) is 5.75 Å². The van der Waals surface area contributed by atoms with Crippen LogP contribution in [0.4, 0.5) is 0 Å². The predicted octanol–water partition coefficient (Wildman–Crippen LogP) is 2.95. The molecule has 2 aromatic rings. The molecule has 1 aromatic carbocycles. The third-order valence-electron chi connectivity index (χ3n) is 3.43. The number of nitrogens with one attached hydrogen (secondary N) is 2. The van der Waals surface area contributed by atoms with Crippen molar-refractivity contribution in [3.05, 3.63) is 54.0 Å². The molecule has 25 heavy (non-hydrogen) atoms. The van der Waals surface area contributed by atoms with Gasteiger partial charge in [0.1, 0.15) is 11.5 Å². The van der Waals surface area contributed by atoms with Crippen molar-refractivity contribution in [3.63, 3.8) is 0 Å². The zero-order valence-corrected chi connectivity index (χ0v) is 15.0. The van der Waals surface area contributed by atoms with Crippen LogP contribution < -0.4 is 15.4 Å². The number of nitrogens with zero attached hydrogens (tertiary/aromatic N) is 1. The fourth-order valence-corrected chi connectivity index (χ4v) is 2.22. The number of methoxy groups -OCH3 is 1. The third-order valence-corrected chi connectivity index (χ3v) is 3.43. The van der Waals surface area contributed by atoms with E-state index in [2.05, 4.69) is 15.6 Å². The number of ether oxygens (including phenoxy) is 2. The highest BCUT2D eigenvalue weighted by atomic mass is 16.5. The maximum Gasteiger partial charge on any atom is 0.191 e. The van der Waals surface area contributed by atoms with E-state index in [0.717, 1.165) is 36.0 Å². The van der Waals surface area contributed by atoms with Gasteiger partial charge >= 0.3 is 0 Å². The van der Waals surface area contributed by atoms with Gasteiger partial charge in [-0.1, -0.05) is 12.1 Å². The maximum atomic E-state index is 5.73. The summed E-state index contributed by atoms with van der Waals surface area (Å²) in [5, 5.41) is 6.49. The lowest BCUT2D eigenvalue weighted by Crippen LogP contribution is -2.36. The molecule has 0 fully saturated rings. The van der Waals surface area contributed by atoms with E-state index in [9.17, 15) is 0 Å². The molecule has 0 bridgehead atoms. The minimum Gasteiger partial charge on any atom is -0.493 e. The molecule has 0 aliphatic rings. The summed E-state index contributed by atoms with van der Waals surface area (Å²) in [5.74, 6) is 2.49. The Balaban J connectivity index is 1.87. The van der Waals surface area contributed by atoms with Gasteiger partial charge in [-0.05, 0) is 36.8 Å². The largest absolute Gasteiger partial charge is 0.493 e. The number of benzene rings is 1. The van der Waals surface area contributed by atoms with E-state index in [1.165, 1.54) is 0 Å². The summed E-state index contributed by atoms with van der Waals surface area (Å²) in [6.45, 7) is 5.36. The van der Waals surface area contributed by atoms with Gasteiger partial charge in [-0.25, -0.2) is 4.99 Å². The van der Waals surface area contributed by atoms with Crippen molar-refractivity contribution in [2.24, 2.45) is 4.99 Å². The van der Waals surface area contributed by atoms with E-state index in [1.54, 1.807) is 13.4 Å². The number of rotatable bonds is 10. The number of hydrogen-bond donors (Lipinski definition) is 2. The molecule has 0 aliphatic heterocycles. The Hall–Kier alpha value is -2.47. The standard InChI is InChI=1S/C19H27N3O3/c1-3-20-19(22-15-18-9-5-11-25-18)21-14-16-7-4-8-17(13-16)24-12-6-10-23-2/h4-5,7-9,11,13H,3,6,10,12,14-15H2,1-2H3,(H2,20,21,22). The van der Waals surface area contributed by atoms with E-state index in [1.807, 2.05) is 43.3 Å². The molecule has 0 atom stereocenters. The van der Waals surface area contributed by atoms with Crippen molar-refractivity contribution in [1.29, 1.82) is 0 Å². The van der Waals surface area contributed by atoms with Gasteiger partial charge in [0.25, 0.3) is 0 Å². The Kier molecular flexibility index (Phi) is 8.41. The van der Waals surface area contributed by atoms with Crippen molar-refractivity contribution in [2.45, 2.75) is 26.4 Å². The Labute approximate surface area is 149 Å². The quantitative estimate of drug-likeness (QED) is 0.394. The second-order valence-corrected chi connectivity index (χ2v) is 5.47. The first-order valence-corrected chi connectivity index (χ1v) is 8.57. The summed E-state index contributed by atoms with van der Waals surface area (Å²) >= 11 is 0. The van der Waals surface area contributed by atoms with Gasteiger partial charge in [0.15, 0.2) is 5.96 Å². The van der Waals surface area contributed by atoms with Gasteiger partial charge in [0.2, 0.25) is 0 Å². The minimum absolute atomic E-state index is 0.572. The highest BCUT2D eigenvalue weighted by Gasteiger charge is 2.01. The first-order chi connectivity index (χ1) is 12.3. The summed E-state index contributed by atoms with van der Waals surface area (Å²) in [4.78, 5) is 4.61. The number of guanidine groups is 1. The molecular formula is C19H27N3O3. The lowest BCUT2D eigenvalue weighted by Gasteiger charge is -2.11.